The lowest BCUT2D eigenvalue weighted by atomic mass is 10.1. The van der Waals surface area contributed by atoms with Crippen LogP contribution in [0, 0.1) is 0 Å². The van der Waals surface area contributed by atoms with Crippen LogP contribution in [-0.2, 0) is 9.53 Å². The third-order valence-electron chi connectivity index (χ3n) is 2.16. The zero-order chi connectivity index (χ0) is 12.6. The first-order valence-corrected chi connectivity index (χ1v) is 4.54. The number of hydrogen-bond donors (Lipinski definition) is 0. The van der Waals surface area contributed by atoms with Crippen LogP contribution in [-0.4, -0.2) is 17.9 Å². The second kappa shape index (κ2) is 3.73. The van der Waals surface area contributed by atoms with Gasteiger partial charge in [-0.05, 0) is 6.07 Å². The second-order valence-corrected chi connectivity index (χ2v) is 3.31. The van der Waals surface area contributed by atoms with E-state index in [1.54, 1.807) is 6.07 Å². The van der Waals surface area contributed by atoms with Crippen molar-refractivity contribution in [3.8, 4) is 0 Å². The maximum absolute atomic E-state index is 12.0. The Hall–Kier alpha value is -2.11. The fourth-order valence-corrected chi connectivity index (χ4v) is 1.39. The summed E-state index contributed by atoms with van der Waals surface area (Å²) in [5, 5.41) is 0. The molecule has 0 saturated carbocycles. The summed E-state index contributed by atoms with van der Waals surface area (Å²) in [5.74, 6) is -3.19. The van der Waals surface area contributed by atoms with Crippen LogP contribution in [0.1, 0.15) is 15.9 Å². The monoisotopic (exact) mass is 242 g/mol. The number of benzene rings is 1. The fraction of sp³-hybridized carbons (Fsp3) is 0.0909. The quantitative estimate of drug-likeness (QED) is 0.560. The smallest absolute Gasteiger partial charge is 0.422 e. The van der Waals surface area contributed by atoms with E-state index in [0.29, 0.717) is 0 Å². The molecule has 0 aromatic heterocycles. The highest BCUT2D eigenvalue weighted by Gasteiger charge is 2.38. The first-order valence-electron chi connectivity index (χ1n) is 4.54. The van der Waals surface area contributed by atoms with Gasteiger partial charge in [0.1, 0.15) is 5.76 Å². The molecular weight excluding hydrogens is 237 g/mol. The number of alkyl halides is 3. The average molecular weight is 242 g/mol. The maximum Gasteiger partial charge on any atom is 0.454 e. The largest absolute Gasteiger partial charge is 0.454 e. The zero-order valence-corrected chi connectivity index (χ0v) is 8.25. The molecule has 0 saturated heterocycles. The van der Waals surface area contributed by atoms with Gasteiger partial charge in [0.2, 0.25) is 0 Å². The van der Waals surface area contributed by atoms with Gasteiger partial charge in [0, 0.05) is 11.6 Å². The zero-order valence-electron chi connectivity index (χ0n) is 8.25. The molecule has 0 fully saturated rings. The van der Waals surface area contributed by atoms with Crippen molar-refractivity contribution < 1.29 is 27.5 Å². The number of carbonyl (C=O) groups excluding carboxylic acids is 2. The Morgan fingerprint density at radius 1 is 1.18 bits per heavy atom. The number of carbonyl (C=O) groups is 2. The van der Waals surface area contributed by atoms with Crippen LogP contribution in [0.15, 0.2) is 30.3 Å². The molecule has 2 rings (SSSR count). The predicted octanol–water partition coefficient (Wildman–Crippen LogP) is 2.33. The molecule has 0 bridgehead atoms. The van der Waals surface area contributed by atoms with Crippen LogP contribution in [0.25, 0.3) is 5.76 Å². The summed E-state index contributed by atoms with van der Waals surface area (Å²) in [6.07, 6.45) is -4.69. The molecule has 1 aromatic rings. The molecule has 0 unspecified atom stereocenters. The standard InChI is InChI=1S/C11H5F3O3/c12-11(13,14)9(15)5-8-6-3-1-2-4-7(6)10(16)17-8/h1-5H/b8-5-. The molecule has 0 aliphatic carbocycles. The minimum absolute atomic E-state index is 0.147. The Labute approximate surface area is 93.5 Å². The van der Waals surface area contributed by atoms with Crippen molar-refractivity contribution in [1.82, 2.24) is 0 Å². The van der Waals surface area contributed by atoms with Crippen molar-refractivity contribution in [3.63, 3.8) is 0 Å². The van der Waals surface area contributed by atoms with E-state index < -0.39 is 17.9 Å². The molecular formula is C11H5F3O3. The number of ether oxygens (including phenoxy) is 1. The molecule has 0 N–H and O–H groups in total. The third-order valence-corrected chi connectivity index (χ3v) is 2.16. The van der Waals surface area contributed by atoms with E-state index in [9.17, 15) is 22.8 Å². The molecule has 0 amide bonds. The number of hydrogen-bond acceptors (Lipinski definition) is 3. The fourth-order valence-electron chi connectivity index (χ4n) is 1.39. The lowest BCUT2D eigenvalue weighted by Gasteiger charge is -2.01. The van der Waals surface area contributed by atoms with Crippen LogP contribution >= 0.6 is 0 Å². The first kappa shape index (κ1) is 11.4. The Morgan fingerprint density at radius 3 is 2.35 bits per heavy atom. The Bertz CT molecular complexity index is 529. The van der Waals surface area contributed by atoms with Crippen molar-refractivity contribution in [2.45, 2.75) is 6.18 Å². The normalized spacial score (nSPS) is 16.9. The van der Waals surface area contributed by atoms with Crippen LogP contribution in [0.4, 0.5) is 13.2 Å². The van der Waals surface area contributed by atoms with E-state index in [2.05, 4.69) is 4.74 Å². The van der Waals surface area contributed by atoms with Gasteiger partial charge in [-0.1, -0.05) is 18.2 Å². The number of halogens is 3. The van der Waals surface area contributed by atoms with Crippen LogP contribution in [0.5, 0.6) is 0 Å². The summed E-state index contributed by atoms with van der Waals surface area (Å²) >= 11 is 0. The van der Waals surface area contributed by atoms with Crippen molar-refractivity contribution in [1.29, 1.82) is 0 Å². The van der Waals surface area contributed by atoms with Gasteiger partial charge < -0.3 is 4.74 Å². The van der Waals surface area contributed by atoms with Crippen LogP contribution in [0.2, 0.25) is 0 Å². The summed E-state index contributed by atoms with van der Waals surface area (Å²) in [6.45, 7) is 0. The van der Waals surface area contributed by atoms with Crippen LogP contribution in [0.3, 0.4) is 0 Å². The molecule has 1 aromatic carbocycles. The van der Waals surface area contributed by atoms with Gasteiger partial charge in [0.05, 0.1) is 5.56 Å². The second-order valence-electron chi connectivity index (χ2n) is 3.31. The average Bonchev–Trinajstić information content (AvgIpc) is 2.56. The van der Waals surface area contributed by atoms with Gasteiger partial charge in [-0.3, -0.25) is 4.79 Å². The summed E-state index contributed by atoms with van der Waals surface area (Å²) in [5.41, 5.74) is 0.337. The molecule has 1 aliphatic rings. The molecule has 0 radical (unpaired) electrons. The van der Waals surface area contributed by atoms with Crippen molar-refractivity contribution in [2.24, 2.45) is 0 Å². The van der Waals surface area contributed by atoms with Gasteiger partial charge in [0.25, 0.3) is 5.78 Å². The van der Waals surface area contributed by atoms with Crippen molar-refractivity contribution in [3.05, 3.63) is 41.5 Å². The highest BCUT2D eigenvalue weighted by Crippen LogP contribution is 2.30. The Morgan fingerprint density at radius 2 is 1.76 bits per heavy atom. The minimum Gasteiger partial charge on any atom is -0.422 e. The van der Waals surface area contributed by atoms with E-state index in [1.807, 2.05) is 0 Å². The summed E-state index contributed by atoms with van der Waals surface area (Å²) in [4.78, 5) is 22.0. The maximum atomic E-state index is 12.0. The first-order chi connectivity index (χ1) is 7.89. The van der Waals surface area contributed by atoms with Gasteiger partial charge in [-0.2, -0.15) is 13.2 Å². The number of ketones is 1. The van der Waals surface area contributed by atoms with Crippen molar-refractivity contribution >= 4 is 17.5 Å². The van der Waals surface area contributed by atoms with Crippen LogP contribution < -0.4 is 0 Å². The van der Waals surface area contributed by atoms with Crippen molar-refractivity contribution in [2.75, 3.05) is 0 Å². The number of rotatable bonds is 1. The highest BCUT2D eigenvalue weighted by molar-refractivity contribution is 6.08. The number of allylic oxidation sites excluding steroid dienone is 1. The van der Waals surface area contributed by atoms with E-state index in [4.69, 9.17) is 0 Å². The Balaban J connectivity index is 2.42. The van der Waals surface area contributed by atoms with E-state index in [1.165, 1.54) is 18.2 Å². The van der Waals surface area contributed by atoms with Gasteiger partial charge in [-0.25, -0.2) is 4.79 Å². The summed E-state index contributed by atoms with van der Waals surface area (Å²) in [6, 6.07) is 5.91. The predicted molar refractivity (Wildman–Crippen MR) is 50.9 cm³/mol. The number of esters is 1. The molecule has 3 nitrogen and oxygen atoms in total. The van der Waals surface area contributed by atoms with E-state index in [-0.39, 0.29) is 23.0 Å². The van der Waals surface area contributed by atoms with Gasteiger partial charge in [-0.15, -0.1) is 0 Å². The van der Waals surface area contributed by atoms with E-state index in [0.717, 1.165) is 0 Å². The topological polar surface area (TPSA) is 43.4 Å². The molecule has 88 valence electrons. The number of cyclic esters (lactones) is 1. The molecule has 1 aliphatic heterocycles. The minimum atomic E-state index is -4.98. The summed E-state index contributed by atoms with van der Waals surface area (Å²) in [7, 11) is 0. The number of fused-ring (bicyclic) bond motifs is 1. The molecule has 0 atom stereocenters. The van der Waals surface area contributed by atoms with Gasteiger partial charge in [0.15, 0.2) is 0 Å². The lowest BCUT2D eigenvalue weighted by molar-refractivity contribution is -0.165. The lowest BCUT2D eigenvalue weighted by Crippen LogP contribution is -2.20. The van der Waals surface area contributed by atoms with Gasteiger partial charge >= 0.3 is 12.1 Å². The molecule has 6 heteroatoms. The SMILES string of the molecule is O=C1O/C(=C\C(=O)C(F)(F)F)c2ccccc21. The summed E-state index contributed by atoms with van der Waals surface area (Å²) < 4.78 is 40.7. The molecule has 0 spiro atoms. The molecule has 1 heterocycles. The Kier molecular flexibility index (Phi) is 2.49. The highest BCUT2D eigenvalue weighted by atomic mass is 19.4. The third kappa shape index (κ3) is 2.06. The molecule has 17 heavy (non-hydrogen) atoms. The van der Waals surface area contributed by atoms with E-state index >= 15 is 0 Å².